The molecule has 0 unspecified atom stereocenters. The zero-order valence-corrected chi connectivity index (χ0v) is 30.8. The lowest BCUT2D eigenvalue weighted by Gasteiger charge is -2.29. The number of alkyl halides is 2. The van der Waals surface area contributed by atoms with E-state index in [2.05, 4.69) is 29.9 Å². The van der Waals surface area contributed by atoms with E-state index in [1.807, 2.05) is 30.3 Å². The van der Waals surface area contributed by atoms with Gasteiger partial charge in [-0.3, -0.25) is 23.5 Å². The standard InChI is InChI=1S/C36H41ClF2N6O5Si/c1-49-35(47)30-16-23-15-26(19-41-33(23)44(30)21-50-13-14-51(2,3)4)45-29-8-6-5-7-28(29)43(36(45)48)20-22-9-11-25(12-10-22)42-34(46)27-17-24(37)18-40-31(27)32(38)39/h5-8,15-19,22,25,32H,9-14,20-21H2,1-4H3,(H,42,46)/t22-,25-. The van der Waals surface area contributed by atoms with Crippen LogP contribution in [0.15, 0.2) is 59.7 Å². The van der Waals surface area contributed by atoms with Gasteiger partial charge in [-0.2, -0.15) is 0 Å². The van der Waals surface area contributed by atoms with Crippen LogP contribution in [0.4, 0.5) is 8.78 Å². The molecule has 0 spiro atoms. The maximum atomic E-state index is 14.1. The number of benzene rings is 1. The van der Waals surface area contributed by atoms with Crippen LogP contribution in [0.2, 0.25) is 30.7 Å². The molecule has 0 saturated heterocycles. The van der Waals surface area contributed by atoms with Crippen LogP contribution in [0.25, 0.3) is 27.8 Å². The second kappa shape index (κ2) is 15.1. The Balaban J connectivity index is 1.21. The fourth-order valence-corrected chi connectivity index (χ4v) is 7.56. The number of nitrogens with zero attached hydrogens (tertiary/aromatic N) is 5. The first-order chi connectivity index (χ1) is 24.3. The Hall–Kier alpha value is -4.40. The molecule has 4 aromatic heterocycles. The number of imidazole rings is 1. The van der Waals surface area contributed by atoms with E-state index in [9.17, 15) is 23.2 Å². The van der Waals surface area contributed by atoms with E-state index in [4.69, 9.17) is 26.1 Å². The number of fused-ring (bicyclic) bond motifs is 2. The lowest BCUT2D eigenvalue weighted by atomic mass is 9.85. The van der Waals surface area contributed by atoms with E-state index in [1.165, 1.54) is 13.2 Å². The first-order valence-electron chi connectivity index (χ1n) is 16.9. The van der Waals surface area contributed by atoms with Gasteiger partial charge in [-0.15, -0.1) is 0 Å². The van der Waals surface area contributed by atoms with Crippen LogP contribution in [0.5, 0.6) is 0 Å². The number of aromatic nitrogens is 5. The van der Waals surface area contributed by atoms with Crippen molar-refractivity contribution in [1.82, 2.24) is 29.0 Å². The van der Waals surface area contributed by atoms with Crippen molar-refractivity contribution in [3.63, 3.8) is 0 Å². The van der Waals surface area contributed by atoms with Crippen LogP contribution in [0.3, 0.4) is 0 Å². The third-order valence-corrected chi connectivity index (χ3v) is 11.3. The molecular formula is C36H41ClF2N6O5Si. The zero-order valence-electron chi connectivity index (χ0n) is 29.0. The van der Waals surface area contributed by atoms with Gasteiger partial charge in [-0.05, 0) is 68.0 Å². The molecule has 1 amide bonds. The van der Waals surface area contributed by atoms with Crippen LogP contribution in [-0.2, 0) is 22.7 Å². The second-order valence-electron chi connectivity index (χ2n) is 14.2. The molecule has 1 aromatic carbocycles. The number of hydrogen-bond acceptors (Lipinski definition) is 7. The highest BCUT2D eigenvalue weighted by Gasteiger charge is 2.28. The molecule has 11 nitrogen and oxygen atoms in total. The van der Waals surface area contributed by atoms with Gasteiger partial charge in [0.2, 0.25) is 0 Å². The number of carbonyl (C=O) groups excluding carboxylic acids is 2. The maximum Gasteiger partial charge on any atom is 0.354 e. The van der Waals surface area contributed by atoms with Crippen molar-refractivity contribution in [1.29, 1.82) is 0 Å². The summed E-state index contributed by atoms with van der Waals surface area (Å²) in [6, 6.07) is 13.1. The van der Waals surface area contributed by atoms with Crippen molar-refractivity contribution >= 4 is 53.6 Å². The molecule has 1 saturated carbocycles. The number of rotatable bonds is 12. The van der Waals surface area contributed by atoms with Crippen molar-refractivity contribution in [2.45, 2.75) is 77.1 Å². The van der Waals surface area contributed by atoms with Gasteiger partial charge in [0.05, 0.1) is 40.6 Å². The number of methoxy groups -OCH3 is 1. The van der Waals surface area contributed by atoms with Gasteiger partial charge in [0.1, 0.15) is 23.8 Å². The molecule has 4 heterocycles. The topological polar surface area (TPSA) is 122 Å². The Morgan fingerprint density at radius 3 is 2.43 bits per heavy atom. The van der Waals surface area contributed by atoms with E-state index in [0.29, 0.717) is 48.4 Å². The molecule has 15 heteroatoms. The molecule has 0 atom stereocenters. The number of para-hydroxylation sites is 2. The van der Waals surface area contributed by atoms with Crippen molar-refractivity contribution in [3.05, 3.63) is 87.3 Å². The summed E-state index contributed by atoms with van der Waals surface area (Å²) in [5.41, 5.74) is 1.86. The normalized spacial score (nSPS) is 16.6. The third kappa shape index (κ3) is 7.92. The van der Waals surface area contributed by atoms with Gasteiger partial charge in [-0.25, -0.2) is 23.4 Å². The summed E-state index contributed by atoms with van der Waals surface area (Å²) in [6.45, 7) is 8.00. The van der Waals surface area contributed by atoms with E-state index in [0.717, 1.165) is 36.1 Å². The maximum absolute atomic E-state index is 14.1. The minimum atomic E-state index is -2.90. The molecule has 1 fully saturated rings. The minimum absolute atomic E-state index is 0.107. The number of amides is 1. The number of ether oxygens (including phenoxy) is 2. The first kappa shape index (κ1) is 36.4. The summed E-state index contributed by atoms with van der Waals surface area (Å²) in [5, 5.41) is 3.65. The van der Waals surface area contributed by atoms with E-state index in [1.54, 1.807) is 26.0 Å². The SMILES string of the molecule is COC(=O)c1cc2cc(-n3c(=O)n(C[C@H]4CC[C@H](NC(=O)c5cc(Cl)cnc5C(F)F)CC4)c4ccccc43)cnc2n1COCC[Si](C)(C)C. The lowest BCUT2D eigenvalue weighted by Crippen LogP contribution is -2.39. The highest BCUT2D eigenvalue weighted by molar-refractivity contribution is 6.76. The van der Waals surface area contributed by atoms with Crippen LogP contribution in [0, 0.1) is 5.92 Å². The largest absolute Gasteiger partial charge is 0.464 e. The second-order valence-corrected chi connectivity index (χ2v) is 20.3. The summed E-state index contributed by atoms with van der Waals surface area (Å²) in [5.74, 6) is -0.985. The van der Waals surface area contributed by atoms with Gasteiger partial charge < -0.3 is 14.8 Å². The molecule has 270 valence electrons. The fourth-order valence-electron chi connectivity index (χ4n) is 6.65. The average Bonchev–Trinajstić information content (AvgIpc) is 3.60. The van der Waals surface area contributed by atoms with E-state index < -0.39 is 32.1 Å². The Morgan fingerprint density at radius 1 is 1.02 bits per heavy atom. The monoisotopic (exact) mass is 738 g/mol. The van der Waals surface area contributed by atoms with Crippen LogP contribution >= 0.6 is 11.6 Å². The van der Waals surface area contributed by atoms with Crippen LogP contribution in [-0.4, -0.2) is 63.4 Å². The smallest absolute Gasteiger partial charge is 0.354 e. The predicted octanol–water partition coefficient (Wildman–Crippen LogP) is 7.22. The number of pyridine rings is 2. The molecule has 0 aliphatic heterocycles. The highest BCUT2D eigenvalue weighted by Crippen LogP contribution is 2.30. The quantitative estimate of drug-likeness (QED) is 0.0815. The molecular weight excluding hydrogens is 698 g/mol. The minimum Gasteiger partial charge on any atom is -0.464 e. The summed E-state index contributed by atoms with van der Waals surface area (Å²) in [7, 11) is 0.0240. The van der Waals surface area contributed by atoms with Gasteiger partial charge in [0.25, 0.3) is 12.3 Å². The van der Waals surface area contributed by atoms with Crippen molar-refractivity contribution in [2.75, 3.05) is 13.7 Å². The lowest BCUT2D eigenvalue weighted by molar-refractivity contribution is 0.0545. The van der Waals surface area contributed by atoms with E-state index in [-0.39, 0.29) is 35.0 Å². The average molecular weight is 739 g/mol. The molecule has 6 rings (SSSR count). The Morgan fingerprint density at radius 2 is 1.75 bits per heavy atom. The Bertz CT molecular complexity index is 2130. The van der Waals surface area contributed by atoms with Crippen LogP contribution in [0.1, 0.15) is 58.6 Å². The van der Waals surface area contributed by atoms with E-state index >= 15 is 0 Å². The summed E-state index contributed by atoms with van der Waals surface area (Å²) < 4.78 is 43.1. The van der Waals surface area contributed by atoms with Crippen LogP contribution < -0.4 is 11.0 Å². The number of carbonyl (C=O) groups is 2. The molecule has 51 heavy (non-hydrogen) atoms. The first-order valence-corrected chi connectivity index (χ1v) is 21.0. The molecule has 1 aliphatic carbocycles. The highest BCUT2D eigenvalue weighted by atomic mass is 35.5. The zero-order chi connectivity index (χ0) is 36.4. The van der Waals surface area contributed by atoms with Crippen molar-refractivity contribution < 1.29 is 27.8 Å². The summed E-state index contributed by atoms with van der Waals surface area (Å²) in [4.78, 5) is 48.1. The molecule has 5 aromatic rings. The van der Waals surface area contributed by atoms with Gasteiger partial charge >= 0.3 is 11.7 Å². The number of esters is 1. The Kier molecular flexibility index (Phi) is 10.7. The third-order valence-electron chi connectivity index (χ3n) is 9.38. The molecule has 0 bridgehead atoms. The van der Waals surface area contributed by atoms with Crippen molar-refractivity contribution in [2.24, 2.45) is 5.92 Å². The number of halogens is 3. The summed E-state index contributed by atoms with van der Waals surface area (Å²) in [6.07, 6.45) is 2.53. The van der Waals surface area contributed by atoms with Crippen molar-refractivity contribution in [3.8, 4) is 5.69 Å². The van der Waals surface area contributed by atoms with Gasteiger partial charge in [-0.1, -0.05) is 43.4 Å². The fraction of sp³-hybridized carbons (Fsp3) is 0.417. The number of hydrogen-bond donors (Lipinski definition) is 1. The number of nitrogens with one attached hydrogen (secondary N) is 1. The summed E-state index contributed by atoms with van der Waals surface area (Å²) >= 11 is 5.94. The predicted molar refractivity (Wildman–Crippen MR) is 194 cm³/mol. The van der Waals surface area contributed by atoms with Gasteiger partial charge in [0.15, 0.2) is 0 Å². The Labute approximate surface area is 299 Å². The molecule has 1 aliphatic rings. The molecule has 1 N–H and O–H groups in total. The van der Waals surface area contributed by atoms with Gasteiger partial charge in [0, 0.05) is 38.9 Å². The molecule has 0 radical (unpaired) electrons.